The van der Waals surface area contributed by atoms with Crippen LogP contribution >= 0.6 is 0 Å². The number of non-ortho nitro benzene ring substituents is 1. The summed E-state index contributed by atoms with van der Waals surface area (Å²) in [6.45, 7) is 4.36. The van der Waals surface area contributed by atoms with Crippen molar-refractivity contribution in [3.8, 4) is 0 Å². The molecule has 3 aromatic rings. The largest absolute Gasteiger partial charge is 0.369 e. The van der Waals surface area contributed by atoms with E-state index in [-0.39, 0.29) is 17.4 Å². The van der Waals surface area contributed by atoms with Crippen LogP contribution in [0.25, 0.3) is 0 Å². The fourth-order valence-electron chi connectivity index (χ4n) is 5.04. The topological polar surface area (TPSA) is 95.7 Å². The number of aryl methyl sites for hydroxylation is 1. The van der Waals surface area contributed by atoms with Crippen LogP contribution in [0.5, 0.6) is 0 Å². The summed E-state index contributed by atoms with van der Waals surface area (Å²) in [4.78, 5) is 39.5. The van der Waals surface area contributed by atoms with Gasteiger partial charge < -0.3 is 4.90 Å². The van der Waals surface area contributed by atoms with Gasteiger partial charge in [0.2, 0.25) is 0 Å². The zero-order valence-electron chi connectivity index (χ0n) is 20.6. The number of fused-ring (bicyclic) bond motifs is 1. The molecule has 0 bridgehead atoms. The summed E-state index contributed by atoms with van der Waals surface area (Å²) in [5.41, 5.74) is 3.34. The Morgan fingerprint density at radius 2 is 1.68 bits per heavy atom. The second-order valence-electron chi connectivity index (χ2n) is 9.40. The van der Waals surface area contributed by atoms with Crippen molar-refractivity contribution in [2.45, 2.75) is 25.7 Å². The average molecular weight is 505 g/mol. The van der Waals surface area contributed by atoms with E-state index < -0.39 is 4.92 Å². The number of hydrogen-bond donors (Lipinski definition) is 0. The number of benzene rings is 2. The molecule has 1 amide bonds. The molecule has 10 heteroatoms. The number of nitro benzene ring substituents is 1. The first-order chi connectivity index (χ1) is 18.0. The van der Waals surface area contributed by atoms with Crippen molar-refractivity contribution < 1.29 is 14.1 Å². The molecule has 2 aromatic carbocycles. The number of hydrogen-bond acceptors (Lipinski definition) is 7. The zero-order valence-corrected chi connectivity index (χ0v) is 20.6. The number of rotatable bonds is 7. The minimum atomic E-state index is -0.474. The zero-order chi connectivity index (χ0) is 25.8. The summed E-state index contributed by atoms with van der Waals surface area (Å²) in [6.07, 6.45) is 5.31. The van der Waals surface area contributed by atoms with Crippen molar-refractivity contribution in [3.05, 3.63) is 87.6 Å². The van der Waals surface area contributed by atoms with E-state index in [1.165, 1.54) is 42.7 Å². The summed E-state index contributed by atoms with van der Waals surface area (Å²) >= 11 is 0. The number of carbonyl (C=O) groups is 1. The first-order valence-electron chi connectivity index (χ1n) is 12.6. The fraction of sp³-hybridized carbons (Fsp3) is 0.370. The van der Waals surface area contributed by atoms with Crippen LogP contribution < -0.4 is 9.80 Å². The molecular formula is C27H29FN6O3. The van der Waals surface area contributed by atoms with Gasteiger partial charge in [-0.25, -0.2) is 14.4 Å². The Morgan fingerprint density at radius 3 is 2.38 bits per heavy atom. The lowest BCUT2D eigenvalue weighted by atomic mass is 9.96. The van der Waals surface area contributed by atoms with Gasteiger partial charge in [0.05, 0.1) is 4.92 Å². The maximum atomic E-state index is 13.7. The lowest BCUT2D eigenvalue weighted by molar-refractivity contribution is -0.384. The van der Waals surface area contributed by atoms with Gasteiger partial charge in [0.25, 0.3) is 11.6 Å². The first-order valence-corrected chi connectivity index (χ1v) is 12.6. The standard InChI is InChI=1S/C27H29FN6O3/c28-21-7-11-22(12-8-21)32-16-13-31(14-17-32)15-18-33(26-24-3-1-2-4-25(24)29-19-30-26)27(35)20-5-9-23(10-6-20)34(36)37/h5-12,19H,1-4,13-18H2. The van der Waals surface area contributed by atoms with E-state index in [1.807, 2.05) is 0 Å². The molecule has 0 atom stereocenters. The van der Waals surface area contributed by atoms with E-state index in [1.54, 1.807) is 17.0 Å². The number of halogens is 1. The van der Waals surface area contributed by atoms with Crippen LogP contribution in [0.4, 0.5) is 21.6 Å². The third kappa shape index (κ3) is 5.59. The molecule has 1 fully saturated rings. The second kappa shape index (κ2) is 11.0. The lowest BCUT2D eigenvalue weighted by Crippen LogP contribution is -2.49. The van der Waals surface area contributed by atoms with Crippen molar-refractivity contribution in [3.63, 3.8) is 0 Å². The van der Waals surface area contributed by atoms with Crippen LogP contribution in [0.1, 0.15) is 34.5 Å². The molecule has 192 valence electrons. The third-order valence-electron chi connectivity index (χ3n) is 7.13. The van der Waals surface area contributed by atoms with Crippen LogP contribution in [-0.2, 0) is 12.8 Å². The Kier molecular flexibility index (Phi) is 7.36. The van der Waals surface area contributed by atoms with Gasteiger partial charge in [-0.3, -0.25) is 24.7 Å². The smallest absolute Gasteiger partial charge is 0.269 e. The molecule has 1 aliphatic heterocycles. The van der Waals surface area contributed by atoms with Crippen molar-refractivity contribution in [1.82, 2.24) is 14.9 Å². The molecule has 9 nitrogen and oxygen atoms in total. The third-order valence-corrected chi connectivity index (χ3v) is 7.13. The summed E-state index contributed by atoms with van der Waals surface area (Å²) in [6, 6.07) is 12.3. The highest BCUT2D eigenvalue weighted by Gasteiger charge is 2.27. The molecule has 0 unspecified atom stereocenters. The molecular weight excluding hydrogens is 475 g/mol. The van der Waals surface area contributed by atoms with Gasteiger partial charge in [0.1, 0.15) is 18.0 Å². The molecule has 5 rings (SSSR count). The van der Waals surface area contributed by atoms with E-state index >= 15 is 0 Å². The minimum absolute atomic E-state index is 0.0541. The van der Waals surface area contributed by atoms with Gasteiger partial charge in [0.15, 0.2) is 0 Å². The van der Waals surface area contributed by atoms with Gasteiger partial charge in [-0.1, -0.05) is 0 Å². The molecule has 1 aliphatic carbocycles. The minimum Gasteiger partial charge on any atom is -0.369 e. The van der Waals surface area contributed by atoms with Crippen LogP contribution in [0.2, 0.25) is 0 Å². The van der Waals surface area contributed by atoms with E-state index in [4.69, 9.17) is 0 Å². The van der Waals surface area contributed by atoms with Crippen molar-refractivity contribution in [1.29, 1.82) is 0 Å². The second-order valence-corrected chi connectivity index (χ2v) is 9.40. The Balaban J connectivity index is 1.32. The predicted octanol–water partition coefficient (Wildman–Crippen LogP) is 3.87. The lowest BCUT2D eigenvalue weighted by Gasteiger charge is -2.37. The van der Waals surface area contributed by atoms with Crippen LogP contribution in [0.15, 0.2) is 54.9 Å². The number of carbonyl (C=O) groups excluding carboxylic acids is 1. The number of aromatic nitrogens is 2. The predicted molar refractivity (Wildman–Crippen MR) is 138 cm³/mol. The highest BCUT2D eigenvalue weighted by Crippen LogP contribution is 2.28. The number of nitrogens with zero attached hydrogens (tertiary/aromatic N) is 6. The van der Waals surface area contributed by atoms with E-state index in [2.05, 4.69) is 19.8 Å². The first kappa shape index (κ1) is 24.8. The van der Waals surface area contributed by atoms with Crippen molar-refractivity contribution in [2.24, 2.45) is 0 Å². The Labute approximate surface area is 214 Å². The summed E-state index contributed by atoms with van der Waals surface area (Å²) < 4.78 is 13.3. The molecule has 0 spiro atoms. The Hall–Kier alpha value is -3.92. The van der Waals surface area contributed by atoms with Gasteiger partial charge >= 0.3 is 0 Å². The monoisotopic (exact) mass is 504 g/mol. The van der Waals surface area contributed by atoms with Crippen LogP contribution in [0, 0.1) is 15.9 Å². The molecule has 0 saturated carbocycles. The Bertz CT molecular complexity index is 1260. The number of anilines is 2. The van der Waals surface area contributed by atoms with Gasteiger partial charge in [0, 0.05) is 73.9 Å². The molecule has 2 heterocycles. The molecule has 2 aliphatic rings. The maximum absolute atomic E-state index is 13.7. The van der Waals surface area contributed by atoms with E-state index in [9.17, 15) is 19.3 Å². The van der Waals surface area contributed by atoms with Crippen LogP contribution in [0.3, 0.4) is 0 Å². The SMILES string of the molecule is O=C(c1ccc([N+](=O)[O-])cc1)N(CCN1CCN(c2ccc(F)cc2)CC1)c1ncnc2c1CCCC2. The molecule has 1 saturated heterocycles. The maximum Gasteiger partial charge on any atom is 0.269 e. The fourth-order valence-corrected chi connectivity index (χ4v) is 5.04. The van der Waals surface area contributed by atoms with Gasteiger partial charge in [-0.15, -0.1) is 0 Å². The van der Waals surface area contributed by atoms with Gasteiger partial charge in [-0.05, 0) is 62.1 Å². The summed E-state index contributed by atoms with van der Waals surface area (Å²) in [5.74, 6) is 0.163. The number of amides is 1. The highest BCUT2D eigenvalue weighted by atomic mass is 19.1. The van der Waals surface area contributed by atoms with E-state index in [0.29, 0.717) is 24.5 Å². The summed E-state index contributed by atoms with van der Waals surface area (Å²) in [7, 11) is 0. The summed E-state index contributed by atoms with van der Waals surface area (Å²) in [5, 5.41) is 11.1. The van der Waals surface area contributed by atoms with Gasteiger partial charge in [-0.2, -0.15) is 0 Å². The quantitative estimate of drug-likeness (QED) is 0.356. The highest BCUT2D eigenvalue weighted by molar-refractivity contribution is 6.06. The molecule has 0 radical (unpaired) electrons. The van der Waals surface area contributed by atoms with Crippen LogP contribution in [-0.4, -0.2) is 65.0 Å². The average Bonchev–Trinajstić information content (AvgIpc) is 2.94. The number of piperazine rings is 1. The normalized spacial score (nSPS) is 15.8. The molecule has 1 aromatic heterocycles. The molecule has 37 heavy (non-hydrogen) atoms. The van der Waals surface area contributed by atoms with E-state index in [0.717, 1.165) is 68.8 Å². The molecule has 0 N–H and O–H groups in total. The van der Waals surface area contributed by atoms with Crippen molar-refractivity contribution in [2.75, 3.05) is 49.1 Å². The van der Waals surface area contributed by atoms with Crippen molar-refractivity contribution >= 4 is 23.1 Å². The Morgan fingerprint density at radius 1 is 0.973 bits per heavy atom. The number of nitro groups is 1.